The molecule has 0 saturated heterocycles. The number of carbonyl (C=O) groups excluding carboxylic acids is 2. The van der Waals surface area contributed by atoms with Crippen LogP contribution in [0, 0.1) is 5.82 Å². The number of hydrogen-bond donors (Lipinski definition) is 0. The van der Waals surface area contributed by atoms with E-state index in [-0.39, 0.29) is 31.3 Å². The zero-order valence-corrected chi connectivity index (χ0v) is 11.2. The molecule has 0 spiro atoms. The molecule has 1 rings (SSSR count). The van der Waals surface area contributed by atoms with Crippen LogP contribution in [0.15, 0.2) is 24.3 Å². The van der Waals surface area contributed by atoms with Gasteiger partial charge in [0.25, 0.3) is 0 Å². The molecule has 0 aliphatic heterocycles. The Balaban J connectivity index is 2.61. The van der Waals surface area contributed by atoms with Gasteiger partial charge in [-0.3, -0.25) is 9.59 Å². The number of amides is 1. The van der Waals surface area contributed by atoms with Gasteiger partial charge in [0.1, 0.15) is 12.4 Å². The molecule has 1 aromatic rings. The topological polar surface area (TPSA) is 46.6 Å². The summed E-state index contributed by atoms with van der Waals surface area (Å²) < 4.78 is 17.8. The Morgan fingerprint density at radius 2 is 2.05 bits per heavy atom. The molecule has 5 heteroatoms. The molecule has 0 aromatic heterocycles. The summed E-state index contributed by atoms with van der Waals surface area (Å²) in [6.45, 7) is 4.12. The van der Waals surface area contributed by atoms with E-state index in [0.717, 1.165) is 0 Å². The van der Waals surface area contributed by atoms with Gasteiger partial charge in [-0.2, -0.15) is 0 Å². The van der Waals surface area contributed by atoms with E-state index >= 15 is 0 Å². The van der Waals surface area contributed by atoms with Gasteiger partial charge in [-0.05, 0) is 31.5 Å². The van der Waals surface area contributed by atoms with Crippen molar-refractivity contribution in [3.8, 4) is 0 Å². The Hall–Kier alpha value is -1.91. The lowest BCUT2D eigenvalue weighted by molar-refractivity contribution is -0.148. The van der Waals surface area contributed by atoms with Crippen molar-refractivity contribution in [1.82, 2.24) is 4.90 Å². The molecule has 0 radical (unpaired) electrons. The van der Waals surface area contributed by atoms with Crippen LogP contribution in [0.5, 0.6) is 0 Å². The van der Waals surface area contributed by atoms with Crippen LogP contribution in [0.1, 0.15) is 19.4 Å². The van der Waals surface area contributed by atoms with E-state index < -0.39 is 5.97 Å². The van der Waals surface area contributed by atoms with E-state index in [1.165, 1.54) is 17.0 Å². The third-order valence-electron chi connectivity index (χ3n) is 2.60. The number of rotatable bonds is 6. The molecule has 4 nitrogen and oxygen atoms in total. The fourth-order valence-corrected chi connectivity index (χ4v) is 1.67. The summed E-state index contributed by atoms with van der Waals surface area (Å²) in [6.07, 6.45) is 0.0744. The van der Waals surface area contributed by atoms with Crippen LogP contribution in [-0.2, 0) is 20.7 Å². The first-order valence-electron chi connectivity index (χ1n) is 6.24. The molecule has 0 heterocycles. The maximum Gasteiger partial charge on any atom is 0.325 e. The van der Waals surface area contributed by atoms with E-state index in [4.69, 9.17) is 4.74 Å². The van der Waals surface area contributed by atoms with Crippen LogP contribution >= 0.6 is 0 Å². The second-order valence-electron chi connectivity index (χ2n) is 4.02. The Bertz CT molecular complexity index is 448. The number of benzene rings is 1. The summed E-state index contributed by atoms with van der Waals surface area (Å²) in [5.41, 5.74) is 0.590. The van der Waals surface area contributed by atoms with E-state index in [0.29, 0.717) is 12.1 Å². The zero-order chi connectivity index (χ0) is 14.3. The van der Waals surface area contributed by atoms with Crippen molar-refractivity contribution in [3.63, 3.8) is 0 Å². The summed E-state index contributed by atoms with van der Waals surface area (Å²) in [5, 5.41) is 0. The lowest BCUT2D eigenvalue weighted by Crippen LogP contribution is -2.37. The van der Waals surface area contributed by atoms with Crippen molar-refractivity contribution in [2.24, 2.45) is 0 Å². The van der Waals surface area contributed by atoms with Gasteiger partial charge in [0.05, 0.1) is 13.0 Å². The summed E-state index contributed by atoms with van der Waals surface area (Å²) in [5.74, 6) is -1.03. The highest BCUT2D eigenvalue weighted by Crippen LogP contribution is 2.06. The van der Waals surface area contributed by atoms with E-state index in [1.54, 1.807) is 26.0 Å². The van der Waals surface area contributed by atoms with Crippen LogP contribution in [0.2, 0.25) is 0 Å². The van der Waals surface area contributed by atoms with Crippen molar-refractivity contribution < 1.29 is 18.7 Å². The van der Waals surface area contributed by atoms with Gasteiger partial charge >= 0.3 is 5.97 Å². The highest BCUT2D eigenvalue weighted by molar-refractivity contribution is 5.83. The minimum Gasteiger partial charge on any atom is -0.465 e. The van der Waals surface area contributed by atoms with Gasteiger partial charge in [0.2, 0.25) is 5.91 Å². The average Bonchev–Trinajstić information content (AvgIpc) is 2.36. The molecule has 0 bridgehead atoms. The number of hydrogen-bond acceptors (Lipinski definition) is 3. The van der Waals surface area contributed by atoms with Gasteiger partial charge in [0, 0.05) is 6.54 Å². The molecule has 0 atom stereocenters. The maximum atomic E-state index is 13.0. The summed E-state index contributed by atoms with van der Waals surface area (Å²) in [7, 11) is 0. The fraction of sp³-hybridized carbons (Fsp3) is 0.429. The van der Waals surface area contributed by atoms with Crippen molar-refractivity contribution >= 4 is 11.9 Å². The predicted octanol–water partition coefficient (Wildman–Crippen LogP) is 1.78. The molecule has 0 saturated carbocycles. The van der Waals surface area contributed by atoms with Gasteiger partial charge < -0.3 is 9.64 Å². The number of halogens is 1. The fourth-order valence-electron chi connectivity index (χ4n) is 1.67. The van der Waals surface area contributed by atoms with Crippen LogP contribution in [0.3, 0.4) is 0 Å². The maximum absolute atomic E-state index is 13.0. The smallest absolute Gasteiger partial charge is 0.325 e. The minimum absolute atomic E-state index is 0.0709. The molecule has 0 aliphatic carbocycles. The van der Waals surface area contributed by atoms with Crippen molar-refractivity contribution in [2.45, 2.75) is 20.3 Å². The third-order valence-corrected chi connectivity index (χ3v) is 2.60. The lowest BCUT2D eigenvalue weighted by Gasteiger charge is -2.19. The van der Waals surface area contributed by atoms with Gasteiger partial charge in [0.15, 0.2) is 0 Å². The molecule has 1 amide bonds. The van der Waals surface area contributed by atoms with Gasteiger partial charge in [-0.15, -0.1) is 0 Å². The second-order valence-corrected chi connectivity index (χ2v) is 4.02. The SMILES string of the molecule is CCOC(=O)CN(CC)C(=O)Cc1cccc(F)c1. The summed E-state index contributed by atoms with van der Waals surface area (Å²) >= 11 is 0. The van der Waals surface area contributed by atoms with Gasteiger partial charge in [-0.25, -0.2) is 4.39 Å². The molecule has 19 heavy (non-hydrogen) atoms. The normalized spacial score (nSPS) is 10.1. The Kier molecular flexibility index (Phi) is 5.99. The van der Waals surface area contributed by atoms with Crippen molar-refractivity contribution in [1.29, 1.82) is 0 Å². The van der Waals surface area contributed by atoms with E-state index in [1.807, 2.05) is 0 Å². The number of likely N-dealkylation sites (N-methyl/N-ethyl adjacent to an activating group) is 1. The molecule has 104 valence electrons. The Morgan fingerprint density at radius 3 is 2.63 bits per heavy atom. The molecule has 0 fully saturated rings. The number of ether oxygens (including phenoxy) is 1. The number of nitrogens with zero attached hydrogens (tertiary/aromatic N) is 1. The molecule has 1 aromatic carbocycles. The van der Waals surface area contributed by atoms with E-state index in [2.05, 4.69) is 0 Å². The predicted molar refractivity (Wildman–Crippen MR) is 69.0 cm³/mol. The summed E-state index contributed by atoms with van der Waals surface area (Å²) in [6, 6.07) is 5.87. The lowest BCUT2D eigenvalue weighted by atomic mass is 10.1. The van der Waals surface area contributed by atoms with Crippen LogP contribution in [0.25, 0.3) is 0 Å². The summed E-state index contributed by atoms with van der Waals surface area (Å²) in [4.78, 5) is 24.7. The van der Waals surface area contributed by atoms with Crippen LogP contribution < -0.4 is 0 Å². The Morgan fingerprint density at radius 1 is 1.32 bits per heavy atom. The first-order valence-corrected chi connectivity index (χ1v) is 6.24. The molecular formula is C14H18FNO3. The molecule has 0 unspecified atom stereocenters. The number of esters is 1. The first-order chi connectivity index (χ1) is 9.06. The highest BCUT2D eigenvalue weighted by Gasteiger charge is 2.16. The van der Waals surface area contributed by atoms with E-state index in [9.17, 15) is 14.0 Å². The number of carbonyl (C=O) groups is 2. The average molecular weight is 267 g/mol. The molecule has 0 N–H and O–H groups in total. The van der Waals surface area contributed by atoms with Crippen LogP contribution in [-0.4, -0.2) is 36.5 Å². The highest BCUT2D eigenvalue weighted by atomic mass is 19.1. The monoisotopic (exact) mass is 267 g/mol. The Labute approximate surface area is 112 Å². The van der Waals surface area contributed by atoms with Gasteiger partial charge in [-0.1, -0.05) is 12.1 Å². The molecule has 0 aliphatic rings. The standard InChI is InChI=1S/C14H18FNO3/c1-3-16(10-14(18)19-4-2)13(17)9-11-6-5-7-12(15)8-11/h5-8H,3-4,9-10H2,1-2H3. The minimum atomic E-state index is -0.433. The molecular weight excluding hydrogens is 249 g/mol. The quantitative estimate of drug-likeness (QED) is 0.738. The third kappa shape index (κ3) is 5.07. The zero-order valence-electron chi connectivity index (χ0n) is 11.2. The van der Waals surface area contributed by atoms with Crippen molar-refractivity contribution in [3.05, 3.63) is 35.6 Å². The first kappa shape index (κ1) is 15.1. The van der Waals surface area contributed by atoms with Crippen LogP contribution in [0.4, 0.5) is 4.39 Å². The van der Waals surface area contributed by atoms with Crippen molar-refractivity contribution in [2.75, 3.05) is 19.7 Å². The largest absolute Gasteiger partial charge is 0.465 e. The second kappa shape index (κ2) is 7.51.